The number of carboxylic acids is 1. The molecule has 0 saturated heterocycles. The van der Waals surface area contributed by atoms with Crippen LogP contribution in [0.5, 0.6) is 17.2 Å². The number of methoxy groups -OCH3 is 1. The second-order valence-electron chi connectivity index (χ2n) is 5.84. The fourth-order valence-electron chi connectivity index (χ4n) is 2.64. The molecule has 7 heteroatoms. The lowest BCUT2D eigenvalue weighted by Crippen LogP contribution is -2.18. The molecule has 0 aromatic heterocycles. The van der Waals surface area contributed by atoms with Gasteiger partial charge in [0.2, 0.25) is 5.75 Å². The van der Waals surface area contributed by atoms with Crippen molar-refractivity contribution in [2.45, 2.75) is 12.8 Å². The van der Waals surface area contributed by atoms with Crippen LogP contribution in [-0.2, 0) is 4.79 Å². The van der Waals surface area contributed by atoms with Gasteiger partial charge in [0.05, 0.1) is 13.0 Å². The van der Waals surface area contributed by atoms with Crippen LogP contribution in [0.4, 0.5) is 5.69 Å². The molecule has 1 atom stereocenters. The summed E-state index contributed by atoms with van der Waals surface area (Å²) in [5, 5.41) is 11.9. The summed E-state index contributed by atoms with van der Waals surface area (Å²) in [5.41, 5.74) is 1.47. The van der Waals surface area contributed by atoms with Crippen molar-refractivity contribution in [1.82, 2.24) is 0 Å². The Morgan fingerprint density at radius 2 is 1.96 bits per heavy atom. The Labute approximate surface area is 150 Å². The van der Waals surface area contributed by atoms with Gasteiger partial charge in [-0.15, -0.1) is 0 Å². The summed E-state index contributed by atoms with van der Waals surface area (Å²) < 4.78 is 16.3. The topological polar surface area (TPSA) is 94.1 Å². The molecule has 1 aliphatic heterocycles. The maximum absolute atomic E-state index is 12.6. The number of amides is 1. The van der Waals surface area contributed by atoms with Crippen molar-refractivity contribution in [3.05, 3.63) is 47.5 Å². The minimum absolute atomic E-state index is 0.350. The Hall–Kier alpha value is -3.22. The van der Waals surface area contributed by atoms with Gasteiger partial charge >= 0.3 is 5.97 Å². The van der Waals surface area contributed by atoms with Gasteiger partial charge in [0, 0.05) is 11.3 Å². The average molecular weight is 357 g/mol. The van der Waals surface area contributed by atoms with Crippen LogP contribution in [0.25, 0.3) is 0 Å². The first-order valence-electron chi connectivity index (χ1n) is 8.11. The van der Waals surface area contributed by atoms with Crippen molar-refractivity contribution in [2.24, 2.45) is 0 Å². The number of hydrogen-bond acceptors (Lipinski definition) is 5. The van der Waals surface area contributed by atoms with Crippen molar-refractivity contribution in [2.75, 3.05) is 25.6 Å². The first-order valence-corrected chi connectivity index (χ1v) is 8.11. The van der Waals surface area contributed by atoms with Crippen LogP contribution < -0.4 is 19.5 Å². The number of aliphatic carboxylic acids is 1. The number of benzene rings is 2. The highest BCUT2D eigenvalue weighted by atomic mass is 16.6. The molecule has 1 aliphatic rings. The number of nitrogens with one attached hydrogen (secondary N) is 1. The van der Waals surface area contributed by atoms with E-state index < -0.39 is 11.9 Å². The number of ether oxygens (including phenoxy) is 3. The van der Waals surface area contributed by atoms with E-state index in [1.165, 1.54) is 7.11 Å². The lowest BCUT2D eigenvalue weighted by molar-refractivity contribution is -0.138. The third-order valence-corrected chi connectivity index (χ3v) is 4.11. The van der Waals surface area contributed by atoms with E-state index in [2.05, 4.69) is 5.32 Å². The monoisotopic (exact) mass is 357 g/mol. The van der Waals surface area contributed by atoms with E-state index in [1.54, 1.807) is 43.3 Å². The molecule has 0 fully saturated rings. The molecule has 2 aromatic carbocycles. The predicted molar refractivity (Wildman–Crippen MR) is 94.4 cm³/mol. The van der Waals surface area contributed by atoms with Gasteiger partial charge in [0.25, 0.3) is 5.91 Å². The molecule has 3 rings (SSSR count). The highest BCUT2D eigenvalue weighted by Gasteiger charge is 2.21. The van der Waals surface area contributed by atoms with E-state index in [4.69, 9.17) is 19.3 Å². The second kappa shape index (κ2) is 7.35. The first kappa shape index (κ1) is 17.6. The smallest absolute Gasteiger partial charge is 0.310 e. The molecule has 136 valence electrons. The molecule has 26 heavy (non-hydrogen) atoms. The van der Waals surface area contributed by atoms with Gasteiger partial charge in [-0.05, 0) is 36.8 Å². The summed E-state index contributed by atoms with van der Waals surface area (Å²) in [6.45, 7) is 2.41. The lowest BCUT2D eigenvalue weighted by Gasteiger charge is -2.21. The van der Waals surface area contributed by atoms with Crippen molar-refractivity contribution in [3.8, 4) is 17.2 Å². The van der Waals surface area contributed by atoms with Crippen LogP contribution in [0.2, 0.25) is 0 Å². The van der Waals surface area contributed by atoms with Crippen LogP contribution in [-0.4, -0.2) is 37.3 Å². The summed E-state index contributed by atoms with van der Waals surface area (Å²) in [6.07, 6.45) is 0. The Bertz CT molecular complexity index is 831. The number of anilines is 1. The SMILES string of the molecule is COc1cc(C(=O)Nc2cccc(C(C)C(=O)O)c2)cc2c1OCCO2. The summed E-state index contributed by atoms with van der Waals surface area (Å²) in [6, 6.07) is 9.93. The Morgan fingerprint density at radius 1 is 1.19 bits per heavy atom. The summed E-state index contributed by atoms with van der Waals surface area (Å²) >= 11 is 0. The van der Waals surface area contributed by atoms with Crippen molar-refractivity contribution in [1.29, 1.82) is 0 Å². The maximum atomic E-state index is 12.6. The average Bonchev–Trinajstić information content (AvgIpc) is 2.66. The molecule has 7 nitrogen and oxygen atoms in total. The van der Waals surface area contributed by atoms with E-state index in [1.807, 2.05) is 0 Å². The molecular weight excluding hydrogens is 338 g/mol. The van der Waals surface area contributed by atoms with Crippen molar-refractivity contribution in [3.63, 3.8) is 0 Å². The standard InChI is InChI=1S/C19H19NO6/c1-11(19(22)23)12-4-3-5-14(8-12)20-18(21)13-9-15(24-2)17-16(10-13)25-6-7-26-17/h3-5,8-11H,6-7H2,1-2H3,(H,20,21)(H,22,23). The van der Waals surface area contributed by atoms with Gasteiger partial charge in [-0.2, -0.15) is 0 Å². The third kappa shape index (κ3) is 3.56. The van der Waals surface area contributed by atoms with E-state index in [9.17, 15) is 9.59 Å². The number of rotatable bonds is 5. The zero-order chi connectivity index (χ0) is 18.7. The van der Waals surface area contributed by atoms with Crippen LogP contribution in [0.15, 0.2) is 36.4 Å². The summed E-state index contributed by atoms with van der Waals surface area (Å²) in [7, 11) is 1.49. The minimum Gasteiger partial charge on any atom is -0.493 e. The van der Waals surface area contributed by atoms with Gasteiger partial charge in [-0.1, -0.05) is 12.1 Å². The fourth-order valence-corrected chi connectivity index (χ4v) is 2.64. The molecule has 1 amide bonds. The zero-order valence-electron chi connectivity index (χ0n) is 14.4. The molecular formula is C19H19NO6. The number of carbonyl (C=O) groups excluding carboxylic acids is 1. The molecule has 1 unspecified atom stereocenters. The molecule has 0 spiro atoms. The number of carbonyl (C=O) groups is 2. The Kier molecular flexibility index (Phi) is 4.97. The largest absolute Gasteiger partial charge is 0.493 e. The molecule has 0 radical (unpaired) electrons. The van der Waals surface area contributed by atoms with Crippen LogP contribution in [0.3, 0.4) is 0 Å². The van der Waals surface area contributed by atoms with Crippen molar-refractivity contribution < 1.29 is 28.9 Å². The molecule has 2 N–H and O–H groups in total. The lowest BCUT2D eigenvalue weighted by atomic mass is 10.0. The van der Waals surface area contributed by atoms with Crippen LogP contribution in [0, 0.1) is 0 Å². The second-order valence-corrected chi connectivity index (χ2v) is 5.84. The molecule has 1 heterocycles. The van der Waals surface area contributed by atoms with E-state index >= 15 is 0 Å². The molecule has 0 saturated carbocycles. The predicted octanol–water partition coefficient (Wildman–Crippen LogP) is 2.91. The van der Waals surface area contributed by atoms with Gasteiger partial charge in [0.1, 0.15) is 13.2 Å². The first-order chi connectivity index (χ1) is 12.5. The maximum Gasteiger partial charge on any atom is 0.310 e. The minimum atomic E-state index is -0.926. The van der Waals surface area contributed by atoms with Crippen LogP contribution >= 0.6 is 0 Å². The van der Waals surface area contributed by atoms with E-state index in [0.29, 0.717) is 47.3 Å². The summed E-state index contributed by atoms with van der Waals surface area (Å²) in [5.74, 6) is -0.603. The molecule has 0 aliphatic carbocycles. The van der Waals surface area contributed by atoms with E-state index in [0.717, 1.165) is 0 Å². The van der Waals surface area contributed by atoms with Gasteiger partial charge in [0.15, 0.2) is 11.5 Å². The van der Waals surface area contributed by atoms with Gasteiger partial charge in [-0.25, -0.2) is 0 Å². The number of fused-ring (bicyclic) bond motifs is 1. The highest BCUT2D eigenvalue weighted by molar-refractivity contribution is 6.05. The normalized spacial score (nSPS) is 13.6. The molecule has 0 bridgehead atoms. The molecule has 2 aromatic rings. The van der Waals surface area contributed by atoms with Gasteiger partial charge < -0.3 is 24.6 Å². The van der Waals surface area contributed by atoms with Gasteiger partial charge in [-0.3, -0.25) is 9.59 Å². The number of hydrogen-bond donors (Lipinski definition) is 2. The number of carboxylic acid groups (broad SMARTS) is 1. The summed E-state index contributed by atoms with van der Waals surface area (Å²) in [4.78, 5) is 23.7. The zero-order valence-corrected chi connectivity index (χ0v) is 14.4. The fraction of sp³-hybridized carbons (Fsp3) is 0.263. The van der Waals surface area contributed by atoms with Crippen LogP contribution in [0.1, 0.15) is 28.8 Å². The highest BCUT2D eigenvalue weighted by Crippen LogP contribution is 2.40. The third-order valence-electron chi connectivity index (χ3n) is 4.11. The van der Waals surface area contributed by atoms with E-state index in [-0.39, 0.29) is 5.91 Å². The van der Waals surface area contributed by atoms with Crippen molar-refractivity contribution >= 4 is 17.6 Å². The Balaban J connectivity index is 1.84. The Morgan fingerprint density at radius 3 is 2.69 bits per heavy atom. The quantitative estimate of drug-likeness (QED) is 0.854.